The predicted molar refractivity (Wildman–Crippen MR) is 66.8 cm³/mol. The molecular weight excluding hydrogens is 222 g/mol. The molecule has 0 spiro atoms. The van der Waals surface area contributed by atoms with Gasteiger partial charge in [-0.2, -0.15) is 0 Å². The smallest absolute Gasteiger partial charge is 0.182 e. The molecule has 1 aliphatic heterocycles. The van der Waals surface area contributed by atoms with E-state index in [0.29, 0.717) is 0 Å². The van der Waals surface area contributed by atoms with Crippen LogP contribution in [0.15, 0.2) is 6.20 Å². The van der Waals surface area contributed by atoms with Crippen LogP contribution >= 0.6 is 11.3 Å². The van der Waals surface area contributed by atoms with Gasteiger partial charge in [0.25, 0.3) is 0 Å². The molecule has 16 heavy (non-hydrogen) atoms. The lowest BCUT2D eigenvalue weighted by Crippen LogP contribution is -2.37. The van der Waals surface area contributed by atoms with Crippen LogP contribution in [0, 0.1) is 0 Å². The average Bonchev–Trinajstić information content (AvgIpc) is 2.66. The number of aliphatic hydroxyl groups excluding tert-OH is 1. The van der Waals surface area contributed by atoms with Crippen LogP contribution in [0.5, 0.6) is 0 Å². The molecule has 0 bridgehead atoms. The van der Waals surface area contributed by atoms with E-state index >= 15 is 0 Å². The SMILES string of the molecule is CCNc1ncc(CN2CCCC(O)C2)s1. The van der Waals surface area contributed by atoms with E-state index in [1.807, 2.05) is 6.20 Å². The highest BCUT2D eigenvalue weighted by Gasteiger charge is 2.18. The Bertz CT molecular complexity index is 329. The highest BCUT2D eigenvalue weighted by Crippen LogP contribution is 2.21. The lowest BCUT2D eigenvalue weighted by molar-refractivity contribution is 0.0673. The first-order valence-corrected chi connectivity index (χ1v) is 6.68. The molecule has 0 radical (unpaired) electrons. The highest BCUT2D eigenvalue weighted by atomic mass is 32.1. The zero-order chi connectivity index (χ0) is 11.4. The molecule has 1 atom stereocenters. The Labute approximate surface area is 100 Å². The number of anilines is 1. The summed E-state index contributed by atoms with van der Waals surface area (Å²) in [6, 6.07) is 0. The summed E-state index contributed by atoms with van der Waals surface area (Å²) < 4.78 is 0. The van der Waals surface area contributed by atoms with Gasteiger partial charge < -0.3 is 10.4 Å². The van der Waals surface area contributed by atoms with Crippen molar-refractivity contribution in [3.63, 3.8) is 0 Å². The largest absolute Gasteiger partial charge is 0.392 e. The molecule has 2 rings (SSSR count). The quantitative estimate of drug-likeness (QED) is 0.839. The summed E-state index contributed by atoms with van der Waals surface area (Å²) in [4.78, 5) is 7.88. The van der Waals surface area contributed by atoms with Gasteiger partial charge in [-0.05, 0) is 26.3 Å². The summed E-state index contributed by atoms with van der Waals surface area (Å²) in [6.07, 6.45) is 3.83. The van der Waals surface area contributed by atoms with E-state index in [0.717, 1.165) is 44.2 Å². The summed E-state index contributed by atoms with van der Waals surface area (Å²) >= 11 is 1.71. The second-order valence-corrected chi connectivity index (χ2v) is 5.31. The lowest BCUT2D eigenvalue weighted by atomic mass is 10.1. The maximum Gasteiger partial charge on any atom is 0.182 e. The summed E-state index contributed by atoms with van der Waals surface area (Å²) in [7, 11) is 0. The molecule has 2 heterocycles. The average molecular weight is 241 g/mol. The third kappa shape index (κ3) is 3.17. The number of hydrogen-bond acceptors (Lipinski definition) is 5. The molecule has 0 aromatic carbocycles. The molecule has 1 aliphatic rings. The Morgan fingerprint density at radius 1 is 1.69 bits per heavy atom. The topological polar surface area (TPSA) is 48.4 Å². The standard InChI is InChI=1S/C11H19N3OS/c1-2-12-11-13-6-10(16-11)8-14-5-3-4-9(15)7-14/h6,9,15H,2-5,7-8H2,1H3,(H,12,13). The normalized spacial score (nSPS) is 22.2. The number of rotatable bonds is 4. The Morgan fingerprint density at radius 3 is 3.31 bits per heavy atom. The third-order valence-electron chi connectivity index (χ3n) is 2.74. The Hall–Kier alpha value is -0.650. The van der Waals surface area contributed by atoms with Crippen LogP contribution in [0.1, 0.15) is 24.6 Å². The van der Waals surface area contributed by atoms with Gasteiger partial charge in [-0.25, -0.2) is 4.98 Å². The van der Waals surface area contributed by atoms with Crippen molar-refractivity contribution in [1.82, 2.24) is 9.88 Å². The van der Waals surface area contributed by atoms with Gasteiger partial charge in [0.2, 0.25) is 0 Å². The van der Waals surface area contributed by atoms with E-state index in [1.54, 1.807) is 11.3 Å². The molecule has 90 valence electrons. The molecule has 0 saturated carbocycles. The van der Waals surface area contributed by atoms with Crippen LogP contribution in [0.4, 0.5) is 5.13 Å². The number of piperidine rings is 1. The molecule has 1 aromatic heterocycles. The van der Waals surface area contributed by atoms with E-state index in [1.165, 1.54) is 4.88 Å². The molecule has 1 unspecified atom stereocenters. The summed E-state index contributed by atoms with van der Waals surface area (Å²) in [6.45, 7) is 5.79. The molecule has 1 saturated heterocycles. The van der Waals surface area contributed by atoms with Crippen molar-refractivity contribution in [3.05, 3.63) is 11.1 Å². The van der Waals surface area contributed by atoms with Gasteiger partial charge >= 0.3 is 0 Å². The highest BCUT2D eigenvalue weighted by molar-refractivity contribution is 7.15. The van der Waals surface area contributed by atoms with Crippen LogP contribution in [-0.4, -0.2) is 40.7 Å². The van der Waals surface area contributed by atoms with Crippen molar-refractivity contribution < 1.29 is 5.11 Å². The lowest BCUT2D eigenvalue weighted by Gasteiger charge is -2.29. The Kier molecular flexibility index (Phi) is 4.15. The van der Waals surface area contributed by atoms with Crippen LogP contribution < -0.4 is 5.32 Å². The van der Waals surface area contributed by atoms with Gasteiger partial charge in [-0.15, -0.1) is 11.3 Å². The molecule has 5 heteroatoms. The van der Waals surface area contributed by atoms with Gasteiger partial charge in [-0.1, -0.05) is 0 Å². The van der Waals surface area contributed by atoms with Crippen molar-refractivity contribution in [3.8, 4) is 0 Å². The summed E-state index contributed by atoms with van der Waals surface area (Å²) in [5.41, 5.74) is 0. The second-order valence-electron chi connectivity index (χ2n) is 4.19. The van der Waals surface area contributed by atoms with Gasteiger partial charge in [0, 0.05) is 30.7 Å². The number of β-amino-alcohol motifs (C(OH)–C–C–N with tert-alkyl or cyclic N) is 1. The van der Waals surface area contributed by atoms with Crippen molar-refractivity contribution in [2.24, 2.45) is 0 Å². The number of nitrogens with one attached hydrogen (secondary N) is 1. The molecule has 4 nitrogen and oxygen atoms in total. The van der Waals surface area contributed by atoms with Gasteiger partial charge in [0.15, 0.2) is 5.13 Å². The van der Waals surface area contributed by atoms with E-state index < -0.39 is 0 Å². The maximum absolute atomic E-state index is 9.58. The fraction of sp³-hybridized carbons (Fsp3) is 0.727. The summed E-state index contributed by atoms with van der Waals surface area (Å²) in [5.74, 6) is 0. The number of nitrogens with zero attached hydrogens (tertiary/aromatic N) is 2. The fourth-order valence-electron chi connectivity index (χ4n) is 2.01. The van der Waals surface area contributed by atoms with Gasteiger partial charge in [0.05, 0.1) is 6.10 Å². The van der Waals surface area contributed by atoms with Crippen molar-refractivity contribution in [2.45, 2.75) is 32.4 Å². The number of likely N-dealkylation sites (tertiary alicyclic amines) is 1. The fourth-order valence-corrected chi connectivity index (χ4v) is 2.93. The van der Waals surface area contributed by atoms with Crippen LogP contribution in [0.2, 0.25) is 0 Å². The first-order valence-electron chi connectivity index (χ1n) is 5.87. The van der Waals surface area contributed by atoms with Gasteiger partial charge in [-0.3, -0.25) is 4.90 Å². The molecular formula is C11H19N3OS. The molecule has 0 amide bonds. The molecule has 1 aromatic rings. The third-order valence-corrected chi connectivity index (χ3v) is 3.68. The number of aliphatic hydroxyl groups is 1. The van der Waals surface area contributed by atoms with Crippen molar-refractivity contribution in [1.29, 1.82) is 0 Å². The molecule has 2 N–H and O–H groups in total. The van der Waals surface area contributed by atoms with E-state index in [-0.39, 0.29) is 6.10 Å². The monoisotopic (exact) mass is 241 g/mol. The van der Waals surface area contributed by atoms with E-state index in [4.69, 9.17) is 0 Å². The van der Waals surface area contributed by atoms with E-state index in [9.17, 15) is 5.11 Å². The minimum Gasteiger partial charge on any atom is -0.392 e. The van der Waals surface area contributed by atoms with Crippen LogP contribution in [0.3, 0.4) is 0 Å². The minimum atomic E-state index is -0.144. The summed E-state index contributed by atoms with van der Waals surface area (Å²) in [5, 5.41) is 13.8. The second kappa shape index (κ2) is 5.61. The minimum absolute atomic E-state index is 0.144. The molecule has 0 aliphatic carbocycles. The maximum atomic E-state index is 9.58. The van der Waals surface area contributed by atoms with Crippen LogP contribution in [0.25, 0.3) is 0 Å². The van der Waals surface area contributed by atoms with Crippen molar-refractivity contribution >= 4 is 16.5 Å². The van der Waals surface area contributed by atoms with E-state index in [2.05, 4.69) is 22.1 Å². The Balaban J connectivity index is 1.87. The van der Waals surface area contributed by atoms with Crippen LogP contribution in [-0.2, 0) is 6.54 Å². The predicted octanol–water partition coefficient (Wildman–Crippen LogP) is 1.53. The Morgan fingerprint density at radius 2 is 2.56 bits per heavy atom. The number of aromatic nitrogens is 1. The van der Waals surface area contributed by atoms with Gasteiger partial charge in [0.1, 0.15) is 0 Å². The number of thiazole rings is 1. The number of hydrogen-bond donors (Lipinski definition) is 2. The first-order chi connectivity index (χ1) is 7.78. The molecule has 1 fully saturated rings. The zero-order valence-electron chi connectivity index (χ0n) is 9.65. The van der Waals surface area contributed by atoms with Crippen molar-refractivity contribution in [2.75, 3.05) is 25.0 Å². The zero-order valence-corrected chi connectivity index (χ0v) is 10.5. The first kappa shape index (κ1) is 11.8.